The van der Waals surface area contributed by atoms with Crippen molar-refractivity contribution in [1.82, 2.24) is 0 Å². The molecule has 0 N–H and O–H groups in total. The minimum Gasteiger partial charge on any atom is -0.296 e. The second-order valence-corrected chi connectivity index (χ2v) is 5.55. The summed E-state index contributed by atoms with van der Waals surface area (Å²) < 4.78 is -1.13. The highest BCUT2D eigenvalue weighted by molar-refractivity contribution is 6.61. The number of hydrogen-bond donors (Lipinski definition) is 0. The highest BCUT2D eigenvalue weighted by Gasteiger charge is 2.63. The number of rotatable bonds is 1. The Hall–Kier alpha value is -0.0100. The molecule has 0 spiro atoms. The average Bonchev–Trinajstić information content (AvgIpc) is 2.45. The van der Waals surface area contributed by atoms with Gasteiger partial charge < -0.3 is 0 Å². The van der Waals surface area contributed by atoms with E-state index in [9.17, 15) is 4.79 Å². The Morgan fingerprint density at radius 2 is 2.15 bits per heavy atom. The smallest absolute Gasteiger partial charge is 0.183 e. The number of ketones is 1. The summed E-state index contributed by atoms with van der Waals surface area (Å²) in [5.74, 6) is 0.614. The molecule has 0 aromatic rings. The monoisotopic (exact) mass is 218 g/mol. The van der Waals surface area contributed by atoms with Crippen LogP contribution in [0.25, 0.3) is 0 Å². The predicted octanol–water partition coefficient (Wildman–Crippen LogP) is 2.96. The molecule has 2 atom stereocenters. The Morgan fingerprint density at radius 1 is 1.54 bits per heavy atom. The zero-order valence-corrected chi connectivity index (χ0v) is 9.19. The van der Waals surface area contributed by atoms with Crippen molar-refractivity contribution in [3.8, 4) is 0 Å². The second-order valence-electron chi connectivity index (χ2n) is 4.17. The van der Waals surface area contributed by atoms with E-state index in [2.05, 4.69) is 19.9 Å². The van der Waals surface area contributed by atoms with Crippen molar-refractivity contribution in [1.29, 1.82) is 0 Å². The molecule has 2 aliphatic rings. The van der Waals surface area contributed by atoms with Gasteiger partial charge in [-0.05, 0) is 12.3 Å². The fourth-order valence-corrected chi connectivity index (χ4v) is 3.21. The lowest BCUT2D eigenvalue weighted by atomic mass is 9.69. The van der Waals surface area contributed by atoms with Gasteiger partial charge >= 0.3 is 0 Å². The molecule has 72 valence electrons. The van der Waals surface area contributed by atoms with E-state index < -0.39 is 4.33 Å². The van der Waals surface area contributed by atoms with Gasteiger partial charge in [-0.3, -0.25) is 4.79 Å². The molecule has 13 heavy (non-hydrogen) atoms. The Labute approximate surface area is 88.1 Å². The van der Waals surface area contributed by atoms with Crippen molar-refractivity contribution in [3.05, 3.63) is 11.6 Å². The highest BCUT2D eigenvalue weighted by atomic mass is 35.5. The zero-order valence-electron chi connectivity index (χ0n) is 7.68. The maximum Gasteiger partial charge on any atom is 0.183 e. The van der Waals surface area contributed by atoms with E-state index in [1.165, 1.54) is 5.57 Å². The Kier molecular flexibility index (Phi) is 2.01. The maximum atomic E-state index is 11.4. The van der Waals surface area contributed by atoms with Gasteiger partial charge in [0.05, 0.1) is 0 Å². The second kappa shape index (κ2) is 2.74. The standard InChI is InChI=1S/C10H12Cl2O/c1-5(2)6-3-4-7-8(6)10(11,12)9(7)13/h3,5,7-8H,4H2,1-2H3. The van der Waals surface area contributed by atoms with Gasteiger partial charge in [0.25, 0.3) is 0 Å². The summed E-state index contributed by atoms with van der Waals surface area (Å²) in [5.41, 5.74) is 1.26. The van der Waals surface area contributed by atoms with Crippen LogP contribution >= 0.6 is 23.2 Å². The lowest BCUT2D eigenvalue weighted by molar-refractivity contribution is -0.133. The van der Waals surface area contributed by atoms with Crippen molar-refractivity contribution in [2.24, 2.45) is 17.8 Å². The van der Waals surface area contributed by atoms with Gasteiger partial charge in [0.1, 0.15) is 0 Å². The van der Waals surface area contributed by atoms with Gasteiger partial charge in [-0.1, -0.05) is 48.7 Å². The van der Waals surface area contributed by atoms with Gasteiger partial charge in [-0.15, -0.1) is 0 Å². The Morgan fingerprint density at radius 3 is 2.69 bits per heavy atom. The van der Waals surface area contributed by atoms with Crippen LogP contribution in [0.1, 0.15) is 20.3 Å². The summed E-state index contributed by atoms with van der Waals surface area (Å²) in [6.07, 6.45) is 2.96. The van der Waals surface area contributed by atoms with Crippen LogP contribution in [0.3, 0.4) is 0 Å². The minimum atomic E-state index is -1.13. The first-order chi connectivity index (χ1) is 5.96. The van der Waals surface area contributed by atoms with E-state index in [1.54, 1.807) is 0 Å². The summed E-state index contributed by atoms with van der Waals surface area (Å²) in [7, 11) is 0. The van der Waals surface area contributed by atoms with Crippen LogP contribution in [0.5, 0.6) is 0 Å². The summed E-state index contributed by atoms with van der Waals surface area (Å²) in [5, 5.41) is 0. The third kappa shape index (κ3) is 1.10. The van der Waals surface area contributed by atoms with E-state index in [0.29, 0.717) is 5.92 Å². The SMILES string of the molecule is CC(C)C1=CCC2C(=O)C(Cl)(Cl)C12. The van der Waals surface area contributed by atoms with Gasteiger partial charge in [-0.2, -0.15) is 0 Å². The number of allylic oxidation sites excluding steroid dienone is 2. The molecule has 0 amide bonds. The van der Waals surface area contributed by atoms with Crippen molar-refractivity contribution < 1.29 is 4.79 Å². The number of alkyl halides is 2. The van der Waals surface area contributed by atoms with Crippen LogP contribution in [-0.2, 0) is 4.79 Å². The van der Waals surface area contributed by atoms with E-state index in [4.69, 9.17) is 23.2 Å². The van der Waals surface area contributed by atoms with Gasteiger partial charge in [0.15, 0.2) is 10.1 Å². The molecule has 0 bridgehead atoms. The fourth-order valence-electron chi connectivity index (χ4n) is 2.38. The predicted molar refractivity (Wildman–Crippen MR) is 54.0 cm³/mol. The molecule has 2 rings (SSSR count). The molecule has 0 heterocycles. The van der Waals surface area contributed by atoms with Crippen LogP contribution in [-0.4, -0.2) is 10.1 Å². The zero-order chi connectivity index (χ0) is 9.80. The van der Waals surface area contributed by atoms with E-state index in [1.807, 2.05) is 0 Å². The Bertz CT molecular complexity index is 291. The summed E-state index contributed by atoms with van der Waals surface area (Å²) in [4.78, 5) is 11.4. The number of carbonyl (C=O) groups excluding carboxylic acids is 1. The third-order valence-electron chi connectivity index (χ3n) is 3.09. The first-order valence-corrected chi connectivity index (χ1v) is 5.34. The van der Waals surface area contributed by atoms with E-state index in [-0.39, 0.29) is 17.6 Å². The molecule has 1 fully saturated rings. The molecule has 0 saturated heterocycles. The van der Waals surface area contributed by atoms with Crippen molar-refractivity contribution in [2.75, 3.05) is 0 Å². The van der Waals surface area contributed by atoms with Crippen molar-refractivity contribution >= 4 is 29.0 Å². The number of fused-ring (bicyclic) bond motifs is 1. The molecule has 1 nitrogen and oxygen atoms in total. The van der Waals surface area contributed by atoms with Crippen LogP contribution in [0.4, 0.5) is 0 Å². The topological polar surface area (TPSA) is 17.1 Å². The molecule has 0 aromatic carbocycles. The number of halogens is 2. The maximum absolute atomic E-state index is 11.4. The summed E-state index contributed by atoms with van der Waals surface area (Å²) in [6, 6.07) is 0. The van der Waals surface area contributed by atoms with Crippen LogP contribution < -0.4 is 0 Å². The largest absolute Gasteiger partial charge is 0.296 e. The third-order valence-corrected chi connectivity index (χ3v) is 3.93. The van der Waals surface area contributed by atoms with Crippen molar-refractivity contribution in [3.63, 3.8) is 0 Å². The molecule has 0 aliphatic heterocycles. The highest BCUT2D eigenvalue weighted by Crippen LogP contribution is 2.58. The summed E-state index contributed by atoms with van der Waals surface area (Å²) >= 11 is 11.9. The van der Waals surface area contributed by atoms with Crippen LogP contribution in [0.2, 0.25) is 0 Å². The van der Waals surface area contributed by atoms with Gasteiger partial charge in [0.2, 0.25) is 0 Å². The average molecular weight is 219 g/mol. The fraction of sp³-hybridized carbons (Fsp3) is 0.700. The molecular formula is C10H12Cl2O. The first-order valence-electron chi connectivity index (χ1n) is 4.58. The minimum absolute atomic E-state index is 0.00716. The molecular weight excluding hydrogens is 207 g/mol. The molecule has 0 radical (unpaired) electrons. The number of Topliss-reactive ketones (excluding diaryl/α,β-unsaturated/α-hetero) is 1. The Balaban J connectivity index is 2.27. The molecule has 1 saturated carbocycles. The normalized spacial score (nSPS) is 35.8. The molecule has 3 heteroatoms. The van der Waals surface area contributed by atoms with Crippen LogP contribution in [0, 0.1) is 17.8 Å². The van der Waals surface area contributed by atoms with E-state index >= 15 is 0 Å². The lowest BCUT2D eigenvalue weighted by Gasteiger charge is -2.44. The lowest BCUT2D eigenvalue weighted by Crippen LogP contribution is -2.55. The first kappa shape index (κ1) is 9.54. The molecule has 2 aliphatic carbocycles. The van der Waals surface area contributed by atoms with Gasteiger partial charge in [-0.25, -0.2) is 0 Å². The van der Waals surface area contributed by atoms with Crippen molar-refractivity contribution in [2.45, 2.75) is 24.6 Å². The van der Waals surface area contributed by atoms with Crippen LogP contribution in [0.15, 0.2) is 11.6 Å². The number of carbonyl (C=O) groups is 1. The quantitative estimate of drug-likeness (QED) is 0.489. The number of hydrogen-bond acceptors (Lipinski definition) is 1. The van der Waals surface area contributed by atoms with Gasteiger partial charge in [0, 0.05) is 11.8 Å². The summed E-state index contributed by atoms with van der Waals surface area (Å²) in [6.45, 7) is 4.22. The van der Waals surface area contributed by atoms with E-state index in [0.717, 1.165) is 6.42 Å². The molecule has 2 unspecified atom stereocenters. The molecule has 0 aromatic heterocycles.